The zero-order chi connectivity index (χ0) is 25.9. The highest BCUT2D eigenvalue weighted by atomic mass is 35.5. The molecule has 13 heteroatoms. The summed E-state index contributed by atoms with van der Waals surface area (Å²) in [5, 5.41) is 20.9. The number of nitrogens with zero attached hydrogens (tertiary/aromatic N) is 4. The van der Waals surface area contributed by atoms with Crippen LogP contribution in [0.1, 0.15) is 0 Å². The fourth-order valence-electron chi connectivity index (χ4n) is 3.92. The number of hydrogen-bond acceptors (Lipinski definition) is 8. The Balaban J connectivity index is 1.58. The molecular weight excluding hydrogens is 510 g/mol. The molecule has 1 aliphatic heterocycles. The molecule has 1 unspecified atom stereocenters. The number of nitrogens with one attached hydrogen (secondary N) is 2. The van der Waals surface area contributed by atoms with Gasteiger partial charge in [0, 0.05) is 29.7 Å². The third kappa shape index (κ3) is 5.17. The number of carbonyl (C=O) groups excluding carboxylic acids is 1. The van der Waals surface area contributed by atoms with E-state index >= 15 is 0 Å². The Kier molecular flexibility index (Phi) is 7.12. The molecule has 0 bridgehead atoms. The molecule has 3 heterocycles. The van der Waals surface area contributed by atoms with Crippen molar-refractivity contribution in [3.8, 4) is 23.0 Å². The highest BCUT2D eigenvalue weighted by Gasteiger charge is 2.28. The first-order chi connectivity index (χ1) is 17.9. The van der Waals surface area contributed by atoms with Gasteiger partial charge in [0.05, 0.1) is 30.9 Å². The molecule has 1 fully saturated rings. The molecule has 1 atom stereocenters. The lowest BCUT2D eigenvalue weighted by Crippen LogP contribution is -2.49. The molecular formula is C24H21ClF2N6O4. The van der Waals surface area contributed by atoms with E-state index in [1.807, 2.05) is 0 Å². The molecule has 4 aromatic rings. The number of anilines is 1. The molecule has 1 saturated heterocycles. The van der Waals surface area contributed by atoms with Gasteiger partial charge in [-0.3, -0.25) is 9.89 Å². The van der Waals surface area contributed by atoms with Crippen LogP contribution in [0.3, 0.4) is 0 Å². The predicted molar refractivity (Wildman–Crippen MR) is 130 cm³/mol. The van der Waals surface area contributed by atoms with Gasteiger partial charge >= 0.3 is 6.01 Å². The summed E-state index contributed by atoms with van der Waals surface area (Å²) in [6.45, 7) is 1.00. The second-order valence-corrected chi connectivity index (χ2v) is 8.53. The predicted octanol–water partition coefficient (Wildman–Crippen LogP) is 3.38. The van der Waals surface area contributed by atoms with E-state index in [9.17, 15) is 18.7 Å². The van der Waals surface area contributed by atoms with E-state index in [4.69, 9.17) is 21.1 Å². The average Bonchev–Trinajstić information content (AvgIpc) is 3.33. The number of morpholine rings is 1. The molecule has 1 aliphatic rings. The van der Waals surface area contributed by atoms with E-state index in [2.05, 4.69) is 25.5 Å². The zero-order valence-corrected chi connectivity index (χ0v) is 20.0. The van der Waals surface area contributed by atoms with Crippen LogP contribution in [0.2, 0.25) is 5.02 Å². The monoisotopic (exact) mass is 530 g/mol. The maximum atomic E-state index is 14.2. The Morgan fingerprint density at radius 3 is 2.73 bits per heavy atom. The number of fused-ring (bicyclic) bond motifs is 1. The highest BCUT2D eigenvalue weighted by Crippen LogP contribution is 2.36. The van der Waals surface area contributed by atoms with Crippen LogP contribution >= 0.6 is 11.6 Å². The lowest BCUT2D eigenvalue weighted by atomic mass is 10.1. The van der Waals surface area contributed by atoms with Crippen molar-refractivity contribution in [1.29, 1.82) is 0 Å². The summed E-state index contributed by atoms with van der Waals surface area (Å²) in [6, 6.07) is 8.44. The van der Waals surface area contributed by atoms with Gasteiger partial charge in [-0.05, 0) is 18.2 Å². The van der Waals surface area contributed by atoms with Crippen molar-refractivity contribution in [1.82, 2.24) is 25.1 Å². The quantitative estimate of drug-likeness (QED) is 0.332. The number of H-pyrrole nitrogens is 1. The molecule has 10 nitrogen and oxygen atoms in total. The molecule has 2 aromatic heterocycles. The highest BCUT2D eigenvalue weighted by molar-refractivity contribution is 6.33. The van der Waals surface area contributed by atoms with E-state index < -0.39 is 24.3 Å². The number of aliphatic hydroxyl groups excluding tert-OH is 1. The van der Waals surface area contributed by atoms with Crippen molar-refractivity contribution >= 4 is 34.4 Å². The van der Waals surface area contributed by atoms with E-state index in [0.29, 0.717) is 54.0 Å². The summed E-state index contributed by atoms with van der Waals surface area (Å²) in [4.78, 5) is 23.3. The summed E-state index contributed by atoms with van der Waals surface area (Å²) in [7, 11) is 0. The Hall–Kier alpha value is -3.87. The number of halogens is 3. The molecule has 37 heavy (non-hydrogen) atoms. The lowest BCUT2D eigenvalue weighted by molar-refractivity contribution is -0.136. The standard InChI is InChI=1S/C24H21ClF2N6O4/c25-15-4-2-1-3-14(15)20-19-21(28-17(12-34)23(35)33-7-9-36-10-8-33)29-24(30-22(19)32-31-20)37-18-6-5-13(26)11-16(18)27/h1-6,11,17,34H,7-10,12H2,(H2,28,29,30,31,32). The molecule has 1 amide bonds. The first-order valence-electron chi connectivity index (χ1n) is 11.3. The first kappa shape index (κ1) is 24.8. The fraction of sp³-hybridized carbons (Fsp3) is 0.250. The minimum atomic E-state index is -1.07. The summed E-state index contributed by atoms with van der Waals surface area (Å²) in [5.41, 5.74) is 1.18. The van der Waals surface area contributed by atoms with Crippen LogP contribution < -0.4 is 10.1 Å². The lowest BCUT2D eigenvalue weighted by Gasteiger charge is -2.30. The second-order valence-electron chi connectivity index (χ2n) is 8.13. The zero-order valence-electron chi connectivity index (χ0n) is 19.2. The maximum Gasteiger partial charge on any atom is 0.326 e. The summed E-state index contributed by atoms with van der Waals surface area (Å²) >= 11 is 6.40. The normalized spacial score (nSPS) is 14.5. The van der Waals surface area contributed by atoms with Crippen LogP contribution in [0, 0.1) is 11.6 Å². The summed E-state index contributed by atoms with van der Waals surface area (Å²) < 4.78 is 38.4. The van der Waals surface area contributed by atoms with Gasteiger partial charge in [-0.1, -0.05) is 29.8 Å². The number of rotatable bonds is 7. The minimum Gasteiger partial charge on any atom is -0.421 e. The van der Waals surface area contributed by atoms with Crippen molar-refractivity contribution in [2.24, 2.45) is 0 Å². The third-order valence-corrected chi connectivity index (χ3v) is 6.08. The molecule has 0 saturated carbocycles. The summed E-state index contributed by atoms with van der Waals surface area (Å²) in [6.07, 6.45) is 0. The average molecular weight is 531 g/mol. The molecule has 3 N–H and O–H groups in total. The van der Waals surface area contributed by atoms with Gasteiger partial charge in [0.25, 0.3) is 0 Å². The molecule has 0 radical (unpaired) electrons. The van der Waals surface area contributed by atoms with Crippen molar-refractivity contribution in [2.75, 3.05) is 38.2 Å². The van der Waals surface area contributed by atoms with Gasteiger partial charge < -0.3 is 24.8 Å². The minimum absolute atomic E-state index is 0.0897. The van der Waals surface area contributed by atoms with Crippen LogP contribution in [-0.4, -0.2) is 75.0 Å². The number of carbonyl (C=O) groups is 1. The van der Waals surface area contributed by atoms with Crippen LogP contribution in [0.15, 0.2) is 42.5 Å². The van der Waals surface area contributed by atoms with Gasteiger partial charge in [-0.25, -0.2) is 8.78 Å². The molecule has 192 valence electrons. The number of hydrogen-bond donors (Lipinski definition) is 3. The Labute approximate surface area is 214 Å². The second kappa shape index (κ2) is 10.6. The third-order valence-electron chi connectivity index (χ3n) is 5.75. The number of aromatic nitrogens is 4. The maximum absolute atomic E-state index is 14.2. The summed E-state index contributed by atoms with van der Waals surface area (Å²) in [5.74, 6) is -2.30. The van der Waals surface area contributed by atoms with Crippen molar-refractivity contribution < 1.29 is 28.2 Å². The van der Waals surface area contributed by atoms with E-state index in [1.54, 1.807) is 29.2 Å². The number of amides is 1. The molecule has 0 spiro atoms. The van der Waals surface area contributed by atoms with E-state index in [0.717, 1.165) is 12.1 Å². The Morgan fingerprint density at radius 2 is 2.00 bits per heavy atom. The van der Waals surface area contributed by atoms with Crippen LogP contribution in [0.4, 0.5) is 14.6 Å². The Bertz CT molecular complexity index is 1450. The van der Waals surface area contributed by atoms with Crippen molar-refractivity contribution in [3.63, 3.8) is 0 Å². The smallest absolute Gasteiger partial charge is 0.326 e. The van der Waals surface area contributed by atoms with E-state index in [-0.39, 0.29) is 29.1 Å². The fourth-order valence-corrected chi connectivity index (χ4v) is 4.15. The van der Waals surface area contributed by atoms with Crippen LogP contribution in [0.5, 0.6) is 11.8 Å². The number of aliphatic hydroxyl groups is 1. The molecule has 0 aliphatic carbocycles. The van der Waals surface area contributed by atoms with Gasteiger partial charge in [0.1, 0.15) is 17.7 Å². The van der Waals surface area contributed by atoms with Gasteiger partial charge in [-0.2, -0.15) is 15.1 Å². The topological polar surface area (TPSA) is 125 Å². The molecule has 5 rings (SSSR count). The first-order valence-corrected chi connectivity index (χ1v) is 11.7. The van der Waals surface area contributed by atoms with Gasteiger partial charge in [-0.15, -0.1) is 0 Å². The largest absolute Gasteiger partial charge is 0.421 e. The van der Waals surface area contributed by atoms with Crippen LogP contribution in [0.25, 0.3) is 22.3 Å². The number of aromatic amines is 1. The van der Waals surface area contributed by atoms with E-state index in [1.165, 1.54) is 0 Å². The SMILES string of the molecule is O=C(C(CO)Nc1nc(Oc2ccc(F)cc2F)nc2n[nH]c(-c3ccccc3Cl)c12)N1CCOCC1. The number of benzene rings is 2. The van der Waals surface area contributed by atoms with Crippen molar-refractivity contribution in [3.05, 3.63) is 59.1 Å². The van der Waals surface area contributed by atoms with Gasteiger partial charge in [0.15, 0.2) is 17.2 Å². The molecule has 2 aromatic carbocycles. The van der Waals surface area contributed by atoms with Crippen molar-refractivity contribution in [2.45, 2.75) is 6.04 Å². The van der Waals surface area contributed by atoms with Gasteiger partial charge in [0.2, 0.25) is 5.91 Å². The Morgan fingerprint density at radius 1 is 1.22 bits per heavy atom. The number of ether oxygens (including phenoxy) is 2. The van der Waals surface area contributed by atoms with Crippen LogP contribution in [-0.2, 0) is 9.53 Å².